The minimum atomic E-state index is -1.19. The van der Waals surface area contributed by atoms with Crippen LogP contribution in [0.15, 0.2) is 30.3 Å². The second-order valence-electron chi connectivity index (χ2n) is 9.54. The van der Waals surface area contributed by atoms with Gasteiger partial charge in [0.15, 0.2) is 5.41 Å². The van der Waals surface area contributed by atoms with Gasteiger partial charge in [-0.1, -0.05) is 128 Å². The van der Waals surface area contributed by atoms with Crippen LogP contribution >= 0.6 is 0 Å². The Balaban J connectivity index is 2.16. The van der Waals surface area contributed by atoms with Gasteiger partial charge in [-0.25, -0.2) is 0 Å². The molecule has 0 aliphatic carbocycles. The van der Waals surface area contributed by atoms with Gasteiger partial charge in [-0.3, -0.25) is 9.59 Å². The van der Waals surface area contributed by atoms with Crippen LogP contribution in [-0.2, 0) is 25.5 Å². The van der Waals surface area contributed by atoms with E-state index < -0.39 is 17.4 Å². The van der Waals surface area contributed by atoms with Crippen LogP contribution < -0.4 is 0 Å². The molecule has 0 saturated carbocycles. The molecule has 194 valence electrons. The van der Waals surface area contributed by atoms with Crippen LogP contribution in [0, 0.1) is 5.41 Å². The maximum absolute atomic E-state index is 12.8. The van der Waals surface area contributed by atoms with E-state index in [1.54, 1.807) is 0 Å². The zero-order chi connectivity index (χ0) is 24.9. The summed E-state index contributed by atoms with van der Waals surface area (Å²) in [6, 6.07) is 9.90. The van der Waals surface area contributed by atoms with Crippen LogP contribution in [0.2, 0.25) is 0 Å². The molecule has 0 spiro atoms. The molecule has 0 amide bonds. The predicted molar refractivity (Wildman–Crippen MR) is 141 cm³/mol. The Kier molecular flexibility index (Phi) is 17.3. The number of rotatable bonds is 21. The molecule has 0 aromatic heterocycles. The molecule has 1 rings (SSSR count). The minimum absolute atomic E-state index is 0.275. The highest BCUT2D eigenvalue weighted by atomic mass is 16.6. The Labute approximate surface area is 209 Å². The van der Waals surface area contributed by atoms with Crippen molar-refractivity contribution in [3.8, 4) is 0 Å². The number of ether oxygens (including phenoxy) is 2. The minimum Gasteiger partial charge on any atom is -0.465 e. The highest BCUT2D eigenvalue weighted by Gasteiger charge is 2.45. The fourth-order valence-corrected chi connectivity index (χ4v) is 4.38. The number of benzene rings is 1. The molecule has 4 heteroatoms. The first-order valence-corrected chi connectivity index (χ1v) is 14.0. The Morgan fingerprint density at radius 2 is 1.06 bits per heavy atom. The zero-order valence-electron chi connectivity index (χ0n) is 22.2. The van der Waals surface area contributed by atoms with E-state index in [9.17, 15) is 9.59 Å². The molecule has 0 aliphatic rings. The zero-order valence-corrected chi connectivity index (χ0v) is 22.2. The number of carbonyl (C=O) groups is 2. The van der Waals surface area contributed by atoms with E-state index in [4.69, 9.17) is 9.47 Å². The van der Waals surface area contributed by atoms with Crippen LogP contribution in [0.5, 0.6) is 0 Å². The molecular weight excluding hydrogens is 424 g/mol. The molecule has 0 radical (unpaired) electrons. The van der Waals surface area contributed by atoms with E-state index >= 15 is 0 Å². The van der Waals surface area contributed by atoms with Gasteiger partial charge >= 0.3 is 11.9 Å². The Morgan fingerprint density at radius 1 is 0.618 bits per heavy atom. The van der Waals surface area contributed by atoms with Gasteiger partial charge in [-0.05, 0) is 24.8 Å². The molecule has 0 N–H and O–H groups in total. The SMILES string of the molecule is CCCCCCCCCCCCCCCOC(=O)C(CC)(CC)C(=O)OCCc1ccccc1. The molecule has 1 aromatic carbocycles. The van der Waals surface area contributed by atoms with Gasteiger partial charge in [0.1, 0.15) is 0 Å². The third-order valence-corrected chi connectivity index (χ3v) is 6.94. The van der Waals surface area contributed by atoms with Gasteiger partial charge in [-0.2, -0.15) is 0 Å². The summed E-state index contributed by atoms with van der Waals surface area (Å²) < 4.78 is 11.0. The normalized spacial score (nSPS) is 11.4. The summed E-state index contributed by atoms with van der Waals surface area (Å²) in [5, 5.41) is 0. The molecular formula is C30H50O4. The van der Waals surface area contributed by atoms with Crippen LogP contribution in [0.3, 0.4) is 0 Å². The van der Waals surface area contributed by atoms with Crippen molar-refractivity contribution in [1.29, 1.82) is 0 Å². The van der Waals surface area contributed by atoms with Crippen LogP contribution in [-0.4, -0.2) is 25.2 Å². The van der Waals surface area contributed by atoms with Gasteiger partial charge in [0.2, 0.25) is 0 Å². The average molecular weight is 475 g/mol. The van der Waals surface area contributed by atoms with Crippen molar-refractivity contribution < 1.29 is 19.1 Å². The van der Waals surface area contributed by atoms with E-state index in [2.05, 4.69) is 6.92 Å². The molecule has 4 nitrogen and oxygen atoms in total. The maximum atomic E-state index is 12.8. The second kappa shape index (κ2) is 19.5. The molecule has 0 bridgehead atoms. The molecule has 0 unspecified atom stereocenters. The lowest BCUT2D eigenvalue weighted by Crippen LogP contribution is -2.41. The third kappa shape index (κ3) is 12.0. The predicted octanol–water partition coefficient (Wildman–Crippen LogP) is 8.21. The first-order chi connectivity index (χ1) is 16.6. The van der Waals surface area contributed by atoms with Crippen molar-refractivity contribution in [3.63, 3.8) is 0 Å². The number of unbranched alkanes of at least 4 members (excludes halogenated alkanes) is 12. The summed E-state index contributed by atoms with van der Waals surface area (Å²) in [6.45, 7) is 6.63. The van der Waals surface area contributed by atoms with Crippen LogP contribution in [0.4, 0.5) is 0 Å². The van der Waals surface area contributed by atoms with Crippen LogP contribution in [0.25, 0.3) is 0 Å². The molecule has 0 saturated heterocycles. The number of carbonyl (C=O) groups excluding carboxylic acids is 2. The highest BCUT2D eigenvalue weighted by molar-refractivity contribution is 6.00. The summed E-state index contributed by atoms with van der Waals surface area (Å²) in [5.41, 5.74) is -0.0772. The number of hydrogen-bond donors (Lipinski definition) is 0. The van der Waals surface area contributed by atoms with Gasteiger partial charge in [0.05, 0.1) is 13.2 Å². The topological polar surface area (TPSA) is 52.6 Å². The second-order valence-corrected chi connectivity index (χ2v) is 9.54. The molecule has 0 fully saturated rings. The number of esters is 2. The van der Waals surface area contributed by atoms with Crippen molar-refractivity contribution in [1.82, 2.24) is 0 Å². The van der Waals surface area contributed by atoms with Gasteiger partial charge in [0, 0.05) is 6.42 Å². The summed E-state index contributed by atoms with van der Waals surface area (Å²) in [7, 11) is 0. The Bertz CT molecular complexity index is 636. The fourth-order valence-electron chi connectivity index (χ4n) is 4.38. The first-order valence-electron chi connectivity index (χ1n) is 14.0. The van der Waals surface area contributed by atoms with Gasteiger partial charge in [0.25, 0.3) is 0 Å². The summed E-state index contributed by atoms with van der Waals surface area (Å²) in [5.74, 6) is -0.884. The molecule has 1 aromatic rings. The van der Waals surface area contributed by atoms with Crippen molar-refractivity contribution in [2.75, 3.05) is 13.2 Å². The monoisotopic (exact) mass is 474 g/mol. The fraction of sp³-hybridized carbons (Fsp3) is 0.733. The largest absolute Gasteiger partial charge is 0.465 e. The van der Waals surface area contributed by atoms with Gasteiger partial charge in [-0.15, -0.1) is 0 Å². The third-order valence-electron chi connectivity index (χ3n) is 6.94. The lowest BCUT2D eigenvalue weighted by molar-refractivity contribution is -0.173. The highest BCUT2D eigenvalue weighted by Crippen LogP contribution is 2.30. The number of hydrogen-bond acceptors (Lipinski definition) is 4. The maximum Gasteiger partial charge on any atom is 0.323 e. The van der Waals surface area contributed by atoms with E-state index in [0.717, 1.165) is 18.4 Å². The molecule has 34 heavy (non-hydrogen) atoms. The Morgan fingerprint density at radius 3 is 1.53 bits per heavy atom. The summed E-state index contributed by atoms with van der Waals surface area (Å²) in [6.07, 6.45) is 18.1. The van der Waals surface area contributed by atoms with Gasteiger partial charge < -0.3 is 9.47 Å². The molecule has 0 heterocycles. The molecule has 0 atom stereocenters. The average Bonchev–Trinajstić information content (AvgIpc) is 2.86. The van der Waals surface area contributed by atoms with Crippen molar-refractivity contribution in [2.24, 2.45) is 5.41 Å². The van der Waals surface area contributed by atoms with E-state index in [1.807, 2.05) is 44.2 Å². The van der Waals surface area contributed by atoms with E-state index in [-0.39, 0.29) is 6.61 Å². The molecule has 0 aliphatic heterocycles. The summed E-state index contributed by atoms with van der Waals surface area (Å²) in [4.78, 5) is 25.6. The van der Waals surface area contributed by atoms with E-state index in [1.165, 1.54) is 70.6 Å². The quantitative estimate of drug-likeness (QED) is 0.102. The van der Waals surface area contributed by atoms with Crippen molar-refractivity contribution in [2.45, 2.75) is 124 Å². The van der Waals surface area contributed by atoms with Crippen molar-refractivity contribution >= 4 is 11.9 Å². The standard InChI is InChI=1S/C30H50O4/c1-4-7-8-9-10-11-12-13-14-15-16-17-21-25-33-28(31)30(5-2,6-3)29(32)34-26-24-27-22-19-18-20-23-27/h18-20,22-23H,4-17,21,24-26H2,1-3H3. The smallest absolute Gasteiger partial charge is 0.323 e. The lowest BCUT2D eigenvalue weighted by Gasteiger charge is -2.27. The van der Waals surface area contributed by atoms with Crippen molar-refractivity contribution in [3.05, 3.63) is 35.9 Å². The Hall–Kier alpha value is -1.84. The van der Waals surface area contributed by atoms with Crippen LogP contribution in [0.1, 0.15) is 123 Å². The van der Waals surface area contributed by atoms with E-state index in [0.29, 0.717) is 25.9 Å². The summed E-state index contributed by atoms with van der Waals surface area (Å²) >= 11 is 0. The lowest BCUT2D eigenvalue weighted by atomic mass is 9.82. The first kappa shape index (κ1) is 30.2.